The lowest BCUT2D eigenvalue weighted by Gasteiger charge is -2.35. The number of carbonyl (C=O) groups excluding carboxylic acids is 1. The summed E-state index contributed by atoms with van der Waals surface area (Å²) in [6.07, 6.45) is 2.11. The molecule has 2 atom stereocenters. The Morgan fingerprint density at radius 2 is 1.90 bits per heavy atom. The molecule has 1 aromatic heterocycles. The summed E-state index contributed by atoms with van der Waals surface area (Å²) in [7, 11) is 1.98. The van der Waals surface area contributed by atoms with Crippen molar-refractivity contribution in [3.63, 3.8) is 0 Å². The van der Waals surface area contributed by atoms with Crippen LogP contribution in [-0.4, -0.2) is 40.8 Å². The number of morpholine rings is 1. The number of aromatic nitrogens is 1. The SMILES string of the molecule is CC1CN(C(=O)Nc2cn(C)c3ccccc23)CC(C)O1. The molecule has 112 valence electrons. The van der Waals surface area contributed by atoms with Crippen LogP contribution < -0.4 is 5.32 Å². The van der Waals surface area contributed by atoms with Crippen molar-refractivity contribution in [3.8, 4) is 0 Å². The average molecular weight is 287 g/mol. The van der Waals surface area contributed by atoms with Crippen molar-refractivity contribution in [1.29, 1.82) is 0 Å². The Bertz CT molecular complexity index is 655. The number of fused-ring (bicyclic) bond motifs is 1. The third-order valence-corrected chi connectivity index (χ3v) is 3.85. The highest BCUT2D eigenvalue weighted by Crippen LogP contribution is 2.25. The first-order chi connectivity index (χ1) is 10.0. The van der Waals surface area contributed by atoms with Crippen molar-refractivity contribution < 1.29 is 9.53 Å². The molecule has 2 aromatic rings. The Morgan fingerprint density at radius 1 is 1.24 bits per heavy atom. The fourth-order valence-electron chi connectivity index (χ4n) is 2.98. The van der Waals surface area contributed by atoms with Gasteiger partial charge in [-0.15, -0.1) is 0 Å². The molecule has 0 saturated carbocycles. The minimum absolute atomic E-state index is 0.0617. The molecule has 0 radical (unpaired) electrons. The third kappa shape index (κ3) is 2.74. The molecular formula is C16H21N3O2. The third-order valence-electron chi connectivity index (χ3n) is 3.85. The van der Waals surface area contributed by atoms with Gasteiger partial charge in [0, 0.05) is 37.2 Å². The summed E-state index contributed by atoms with van der Waals surface area (Å²) in [6.45, 7) is 5.24. The van der Waals surface area contributed by atoms with Crippen molar-refractivity contribution in [2.24, 2.45) is 7.05 Å². The van der Waals surface area contributed by atoms with Gasteiger partial charge in [0.1, 0.15) is 0 Å². The number of amides is 2. The van der Waals surface area contributed by atoms with Crippen LogP contribution in [0.1, 0.15) is 13.8 Å². The highest BCUT2D eigenvalue weighted by Gasteiger charge is 2.26. The molecule has 0 aliphatic carbocycles. The van der Waals surface area contributed by atoms with E-state index in [0.29, 0.717) is 13.1 Å². The van der Waals surface area contributed by atoms with Gasteiger partial charge < -0.3 is 19.5 Å². The van der Waals surface area contributed by atoms with Gasteiger partial charge in [0.2, 0.25) is 0 Å². The van der Waals surface area contributed by atoms with E-state index >= 15 is 0 Å². The number of anilines is 1. The van der Waals surface area contributed by atoms with Crippen molar-refractivity contribution in [2.75, 3.05) is 18.4 Å². The molecule has 1 aliphatic rings. The van der Waals surface area contributed by atoms with E-state index in [1.165, 1.54) is 0 Å². The first-order valence-electron chi connectivity index (χ1n) is 7.30. The second kappa shape index (κ2) is 5.41. The molecule has 5 nitrogen and oxygen atoms in total. The number of aryl methyl sites for hydroxylation is 1. The number of ether oxygens (including phenoxy) is 1. The largest absolute Gasteiger partial charge is 0.372 e. The van der Waals surface area contributed by atoms with E-state index in [4.69, 9.17) is 4.74 Å². The van der Waals surface area contributed by atoms with Crippen LogP contribution in [0.2, 0.25) is 0 Å². The van der Waals surface area contributed by atoms with Gasteiger partial charge >= 0.3 is 6.03 Å². The summed E-state index contributed by atoms with van der Waals surface area (Å²) in [5.41, 5.74) is 1.96. The molecule has 2 amide bonds. The van der Waals surface area contributed by atoms with Crippen LogP contribution in [-0.2, 0) is 11.8 Å². The number of hydrogen-bond acceptors (Lipinski definition) is 2. The second-order valence-corrected chi connectivity index (χ2v) is 5.76. The lowest BCUT2D eigenvalue weighted by Crippen LogP contribution is -2.49. The van der Waals surface area contributed by atoms with Crippen LogP contribution >= 0.6 is 0 Å². The van der Waals surface area contributed by atoms with Crippen LogP contribution in [0, 0.1) is 0 Å². The maximum Gasteiger partial charge on any atom is 0.322 e. The molecule has 1 saturated heterocycles. The highest BCUT2D eigenvalue weighted by molar-refractivity contribution is 6.01. The number of rotatable bonds is 1. The minimum atomic E-state index is -0.0617. The highest BCUT2D eigenvalue weighted by atomic mass is 16.5. The molecule has 1 aliphatic heterocycles. The van der Waals surface area contributed by atoms with Crippen LogP contribution in [0.15, 0.2) is 30.5 Å². The zero-order valence-corrected chi connectivity index (χ0v) is 12.7. The Labute approximate surface area is 124 Å². The van der Waals surface area contributed by atoms with Crippen molar-refractivity contribution >= 4 is 22.6 Å². The molecule has 1 fully saturated rings. The maximum absolute atomic E-state index is 12.5. The smallest absolute Gasteiger partial charge is 0.322 e. The van der Waals surface area contributed by atoms with E-state index in [1.807, 2.05) is 60.8 Å². The zero-order valence-electron chi connectivity index (χ0n) is 12.7. The number of nitrogens with zero attached hydrogens (tertiary/aromatic N) is 2. The summed E-state index contributed by atoms with van der Waals surface area (Å²) in [5, 5.41) is 4.09. The normalized spacial score (nSPS) is 22.5. The molecule has 21 heavy (non-hydrogen) atoms. The molecule has 0 spiro atoms. The second-order valence-electron chi connectivity index (χ2n) is 5.76. The lowest BCUT2D eigenvalue weighted by molar-refractivity contribution is -0.0530. The fraction of sp³-hybridized carbons (Fsp3) is 0.438. The van der Waals surface area contributed by atoms with Crippen LogP contribution in [0.5, 0.6) is 0 Å². The van der Waals surface area contributed by atoms with E-state index in [2.05, 4.69) is 5.32 Å². The summed E-state index contributed by atoms with van der Waals surface area (Å²) in [6, 6.07) is 7.99. The van der Waals surface area contributed by atoms with Crippen molar-refractivity contribution in [2.45, 2.75) is 26.1 Å². The van der Waals surface area contributed by atoms with Gasteiger partial charge in [-0.1, -0.05) is 18.2 Å². The number of para-hydroxylation sites is 1. The zero-order chi connectivity index (χ0) is 15.0. The van der Waals surface area contributed by atoms with E-state index in [0.717, 1.165) is 16.6 Å². The van der Waals surface area contributed by atoms with Crippen molar-refractivity contribution in [1.82, 2.24) is 9.47 Å². The van der Waals surface area contributed by atoms with Gasteiger partial charge in [-0.05, 0) is 19.9 Å². The summed E-state index contributed by atoms with van der Waals surface area (Å²) < 4.78 is 7.69. The van der Waals surface area contributed by atoms with E-state index in [-0.39, 0.29) is 18.2 Å². The monoisotopic (exact) mass is 287 g/mol. The predicted octanol–water partition coefficient (Wildman–Crippen LogP) is 2.82. The first-order valence-corrected chi connectivity index (χ1v) is 7.30. The van der Waals surface area contributed by atoms with Gasteiger partial charge in [0.25, 0.3) is 0 Å². The van der Waals surface area contributed by atoms with E-state index in [9.17, 15) is 4.79 Å². The molecule has 5 heteroatoms. The fourth-order valence-corrected chi connectivity index (χ4v) is 2.98. The predicted molar refractivity (Wildman–Crippen MR) is 83.5 cm³/mol. The molecule has 1 N–H and O–H groups in total. The van der Waals surface area contributed by atoms with Crippen LogP contribution in [0.3, 0.4) is 0 Å². The summed E-state index contributed by atoms with van der Waals surface area (Å²) in [5.74, 6) is 0. The quantitative estimate of drug-likeness (QED) is 0.876. The molecule has 1 aromatic carbocycles. The number of hydrogen-bond donors (Lipinski definition) is 1. The average Bonchev–Trinajstić information content (AvgIpc) is 2.75. The van der Waals surface area contributed by atoms with Gasteiger partial charge in [0.05, 0.1) is 17.9 Å². The van der Waals surface area contributed by atoms with Crippen molar-refractivity contribution in [3.05, 3.63) is 30.5 Å². The Balaban J connectivity index is 1.80. The van der Waals surface area contributed by atoms with Gasteiger partial charge in [-0.2, -0.15) is 0 Å². The lowest BCUT2D eigenvalue weighted by atomic mass is 10.2. The number of benzene rings is 1. The first kappa shape index (κ1) is 13.9. The van der Waals surface area contributed by atoms with Gasteiger partial charge in [-0.3, -0.25) is 0 Å². The van der Waals surface area contributed by atoms with E-state index < -0.39 is 0 Å². The number of nitrogens with one attached hydrogen (secondary N) is 1. The molecule has 3 rings (SSSR count). The van der Waals surface area contributed by atoms with Gasteiger partial charge in [0.15, 0.2) is 0 Å². The standard InChI is InChI=1S/C16H21N3O2/c1-11-8-19(9-12(2)21-11)16(20)17-14-10-18(3)15-7-5-4-6-13(14)15/h4-7,10-12H,8-9H2,1-3H3,(H,17,20). The Kier molecular flexibility index (Phi) is 3.59. The number of carbonyl (C=O) groups is 1. The molecule has 0 bridgehead atoms. The molecule has 2 heterocycles. The van der Waals surface area contributed by atoms with Crippen LogP contribution in [0.4, 0.5) is 10.5 Å². The Morgan fingerprint density at radius 3 is 2.62 bits per heavy atom. The summed E-state index contributed by atoms with van der Waals surface area (Å²) >= 11 is 0. The maximum atomic E-state index is 12.5. The Hall–Kier alpha value is -2.01. The van der Waals surface area contributed by atoms with Crippen LogP contribution in [0.25, 0.3) is 10.9 Å². The topological polar surface area (TPSA) is 46.5 Å². The molecular weight excluding hydrogens is 266 g/mol. The van der Waals surface area contributed by atoms with Gasteiger partial charge in [-0.25, -0.2) is 4.79 Å². The summed E-state index contributed by atoms with van der Waals surface area (Å²) in [4.78, 5) is 14.3. The molecule has 2 unspecified atom stereocenters. The van der Waals surface area contributed by atoms with E-state index in [1.54, 1.807) is 0 Å². The number of urea groups is 1. The minimum Gasteiger partial charge on any atom is -0.372 e.